The molecule has 2 aliphatic rings. The number of carbonyl (C=O) groups is 1. The standard InChI is InChI=1S/C36H38O5S2/c1-26-10-16-31(17-11-26)43(32-18-12-27(2)13-19-32,33-20-14-30(15-21-33)40-29-8-6-5-7-9-29)41-42(38,39)25-36-23-22-28(24-34(36)37)35(36,3)4/h5-21,28H,22-25H2,1-4H3. The average Bonchev–Trinajstić information content (AvgIpc) is 3.32. The molecule has 0 aliphatic heterocycles. The second-order valence-electron chi connectivity index (χ2n) is 12.5. The first kappa shape index (κ1) is 29.7. The highest BCUT2D eigenvalue weighted by Gasteiger charge is 2.65. The fourth-order valence-corrected chi connectivity index (χ4v) is 12.9. The molecular weight excluding hydrogens is 577 g/mol. The second-order valence-corrected chi connectivity index (χ2v) is 17.0. The number of hydrogen-bond acceptors (Lipinski definition) is 5. The molecule has 2 atom stereocenters. The van der Waals surface area contributed by atoms with E-state index in [2.05, 4.69) is 13.8 Å². The summed E-state index contributed by atoms with van der Waals surface area (Å²) >= 11 is 0. The number of ketones is 1. The topological polar surface area (TPSA) is 69.7 Å². The van der Waals surface area contributed by atoms with Crippen LogP contribution in [0.25, 0.3) is 0 Å². The molecule has 0 radical (unpaired) electrons. The number of ether oxygens (including phenoxy) is 1. The van der Waals surface area contributed by atoms with E-state index in [4.69, 9.17) is 8.37 Å². The number of benzene rings is 4. The molecule has 0 N–H and O–H groups in total. The van der Waals surface area contributed by atoms with Crippen molar-refractivity contribution in [3.05, 3.63) is 114 Å². The third kappa shape index (κ3) is 5.22. The van der Waals surface area contributed by atoms with Gasteiger partial charge in [-0.05, 0) is 109 Å². The summed E-state index contributed by atoms with van der Waals surface area (Å²) in [5.74, 6) is 1.29. The number of fused-ring (bicyclic) bond motifs is 2. The molecule has 43 heavy (non-hydrogen) atoms. The van der Waals surface area contributed by atoms with E-state index in [9.17, 15) is 13.2 Å². The highest BCUT2D eigenvalue weighted by molar-refractivity contribution is 8.33. The summed E-state index contributed by atoms with van der Waals surface area (Å²) in [5, 5.41) is 0. The molecule has 4 aromatic rings. The van der Waals surface area contributed by atoms with Gasteiger partial charge in [0.2, 0.25) is 0 Å². The van der Waals surface area contributed by atoms with Crippen LogP contribution in [0.5, 0.6) is 11.5 Å². The summed E-state index contributed by atoms with van der Waals surface area (Å²) in [6.45, 7) is 8.11. The molecule has 0 heterocycles. The number of hydrogen-bond donors (Lipinski definition) is 0. The minimum atomic E-state index is -4.21. The smallest absolute Gasteiger partial charge is 0.278 e. The van der Waals surface area contributed by atoms with Gasteiger partial charge in [-0.25, -0.2) is 3.63 Å². The highest BCUT2D eigenvalue weighted by atomic mass is 32.3. The molecule has 5 nitrogen and oxygen atoms in total. The number of carbonyl (C=O) groups excluding carboxylic acids is 1. The maximum absolute atomic E-state index is 14.4. The Morgan fingerprint density at radius 3 is 1.67 bits per heavy atom. The maximum atomic E-state index is 14.4. The lowest BCUT2D eigenvalue weighted by molar-refractivity contribution is -0.128. The van der Waals surface area contributed by atoms with Gasteiger partial charge >= 0.3 is 0 Å². The van der Waals surface area contributed by atoms with Crippen LogP contribution in [0.2, 0.25) is 0 Å². The van der Waals surface area contributed by atoms with Crippen LogP contribution in [0.15, 0.2) is 118 Å². The van der Waals surface area contributed by atoms with Gasteiger partial charge in [0.1, 0.15) is 17.3 Å². The monoisotopic (exact) mass is 614 g/mol. The van der Waals surface area contributed by atoms with Crippen LogP contribution >= 0.6 is 10.3 Å². The lowest BCUT2D eigenvalue weighted by Gasteiger charge is -2.41. The molecule has 2 saturated carbocycles. The molecule has 0 aromatic heterocycles. The lowest BCUT2D eigenvalue weighted by atomic mass is 9.70. The van der Waals surface area contributed by atoms with Gasteiger partial charge in [-0.3, -0.25) is 4.79 Å². The van der Waals surface area contributed by atoms with Gasteiger partial charge in [0.25, 0.3) is 10.1 Å². The molecule has 2 fully saturated rings. The van der Waals surface area contributed by atoms with Gasteiger partial charge in [0.05, 0.1) is 11.2 Å². The predicted molar refractivity (Wildman–Crippen MR) is 171 cm³/mol. The quantitative estimate of drug-likeness (QED) is 0.188. The summed E-state index contributed by atoms with van der Waals surface area (Å²) < 4.78 is 41.5. The molecule has 6 rings (SSSR count). The highest BCUT2D eigenvalue weighted by Crippen LogP contribution is 2.71. The number of rotatable bonds is 9. The normalized spacial score (nSPS) is 21.6. The van der Waals surface area contributed by atoms with Crippen molar-refractivity contribution in [3.63, 3.8) is 0 Å². The third-order valence-electron chi connectivity index (χ3n) is 9.61. The van der Waals surface area contributed by atoms with Crippen LogP contribution in [0.1, 0.15) is 44.2 Å². The Bertz CT molecular complexity index is 1680. The van der Waals surface area contributed by atoms with Crippen LogP contribution in [0.4, 0.5) is 0 Å². The maximum Gasteiger partial charge on any atom is 0.278 e. The SMILES string of the molecule is Cc1ccc(S(OS(=O)(=O)CC23CCC(CC2=O)C3(C)C)(c2ccc(C)cc2)c2ccc(Oc3ccccc3)cc2)cc1. The zero-order valence-corrected chi connectivity index (χ0v) is 26.7. The van der Waals surface area contributed by atoms with Crippen LogP contribution in [-0.2, 0) is 18.5 Å². The van der Waals surface area contributed by atoms with E-state index < -0.39 is 31.3 Å². The summed E-state index contributed by atoms with van der Waals surface area (Å²) in [6.07, 6.45) is 1.89. The largest absolute Gasteiger partial charge is 0.457 e. The second kappa shape index (κ2) is 11.0. The van der Waals surface area contributed by atoms with Crippen molar-refractivity contribution in [3.8, 4) is 11.5 Å². The Morgan fingerprint density at radius 2 is 1.21 bits per heavy atom. The zero-order valence-electron chi connectivity index (χ0n) is 25.1. The van der Waals surface area contributed by atoms with Crippen LogP contribution in [0, 0.1) is 30.6 Å². The van der Waals surface area contributed by atoms with Gasteiger partial charge in [-0.15, -0.1) is 0 Å². The van der Waals surface area contributed by atoms with E-state index in [1.807, 2.05) is 117 Å². The van der Waals surface area contributed by atoms with E-state index in [0.29, 0.717) is 24.3 Å². The average molecular weight is 615 g/mol. The number of aryl methyl sites for hydroxylation is 2. The molecule has 0 spiro atoms. The Morgan fingerprint density at radius 1 is 0.721 bits per heavy atom. The minimum Gasteiger partial charge on any atom is -0.457 e. The number of para-hydroxylation sites is 1. The molecule has 2 unspecified atom stereocenters. The van der Waals surface area contributed by atoms with Crippen molar-refractivity contribution in [2.45, 2.75) is 61.6 Å². The van der Waals surface area contributed by atoms with Gasteiger partial charge in [0.15, 0.2) is 0 Å². The summed E-state index contributed by atoms with van der Waals surface area (Å²) in [4.78, 5) is 15.6. The van der Waals surface area contributed by atoms with Crippen molar-refractivity contribution in [1.82, 2.24) is 0 Å². The predicted octanol–water partition coefficient (Wildman–Crippen LogP) is 9.03. The molecule has 0 amide bonds. The first-order chi connectivity index (χ1) is 20.4. The van der Waals surface area contributed by atoms with E-state index in [1.54, 1.807) is 0 Å². The van der Waals surface area contributed by atoms with Crippen molar-refractivity contribution in [2.75, 3.05) is 5.75 Å². The molecule has 4 aromatic carbocycles. The van der Waals surface area contributed by atoms with E-state index in [-0.39, 0.29) is 17.5 Å². The molecule has 0 saturated heterocycles. The first-order valence-corrected chi connectivity index (χ1v) is 17.9. The van der Waals surface area contributed by atoms with Crippen LogP contribution in [-0.4, -0.2) is 20.0 Å². The minimum absolute atomic E-state index is 0.0506. The molecule has 2 bridgehead atoms. The van der Waals surface area contributed by atoms with Gasteiger partial charge in [-0.1, -0.05) is 67.4 Å². The molecule has 224 valence electrons. The Labute approximate surface area is 256 Å². The fraction of sp³-hybridized carbons (Fsp3) is 0.306. The van der Waals surface area contributed by atoms with Gasteiger partial charge in [-0.2, -0.15) is 8.42 Å². The van der Waals surface area contributed by atoms with E-state index >= 15 is 0 Å². The van der Waals surface area contributed by atoms with Gasteiger partial charge in [0, 0.05) is 21.1 Å². The molecular formula is C36H38O5S2. The molecule has 7 heteroatoms. The summed E-state index contributed by atoms with van der Waals surface area (Å²) in [7, 11) is -6.99. The van der Waals surface area contributed by atoms with Gasteiger partial charge < -0.3 is 4.74 Å². The van der Waals surface area contributed by atoms with Crippen LogP contribution in [0.3, 0.4) is 0 Å². The number of Topliss-reactive ketones (excluding diaryl/α,β-unsaturated/α-hetero) is 1. The fourth-order valence-electron chi connectivity index (χ4n) is 6.90. The van der Waals surface area contributed by atoms with Crippen molar-refractivity contribution >= 4 is 26.2 Å². The molecule has 2 aliphatic carbocycles. The lowest BCUT2D eigenvalue weighted by Crippen LogP contribution is -2.42. The van der Waals surface area contributed by atoms with Crippen molar-refractivity contribution < 1.29 is 21.6 Å². The van der Waals surface area contributed by atoms with Crippen LogP contribution < -0.4 is 4.74 Å². The van der Waals surface area contributed by atoms with Crippen molar-refractivity contribution in [1.29, 1.82) is 0 Å². The summed E-state index contributed by atoms with van der Waals surface area (Å²) in [5.41, 5.74) is 0.785. The van der Waals surface area contributed by atoms with Crippen molar-refractivity contribution in [2.24, 2.45) is 16.7 Å². The third-order valence-corrected chi connectivity index (χ3v) is 14.9. The van der Waals surface area contributed by atoms with E-state index in [1.165, 1.54) is 0 Å². The first-order valence-electron chi connectivity index (χ1n) is 14.7. The Kier molecular flexibility index (Phi) is 7.56. The van der Waals surface area contributed by atoms with E-state index in [0.717, 1.165) is 32.2 Å². The summed E-state index contributed by atoms with van der Waals surface area (Å²) in [6, 6.07) is 32.8. The zero-order chi connectivity index (χ0) is 30.5. The Hall–Kier alpha value is -3.39. The Balaban J connectivity index is 1.49.